The van der Waals surface area contributed by atoms with E-state index in [9.17, 15) is 0 Å². The van der Waals surface area contributed by atoms with Crippen LogP contribution in [0.4, 0.5) is 0 Å². The Morgan fingerprint density at radius 2 is 0.333 bits per heavy atom. The molecule has 0 aromatic heterocycles. The summed E-state index contributed by atoms with van der Waals surface area (Å²) in [7, 11) is 0. The Kier molecular flexibility index (Phi) is 482. The topological polar surface area (TPSA) is 120 Å². The monoisotopic (exact) mass is 272 g/mol. The van der Waals surface area contributed by atoms with E-state index in [0.29, 0.717) is 0 Å². The zero-order chi connectivity index (χ0) is 0. The Labute approximate surface area is 240 Å². The van der Waals surface area contributed by atoms with Crippen LogP contribution in [-0.4, -0.2) is 21.9 Å². The molecular weight excluding hydrogens is 268 g/mol. The smallest absolute Gasteiger partial charge is 0.870 e. The molecule has 0 amide bonds. The van der Waals surface area contributed by atoms with Crippen LogP contribution >= 0.6 is 0 Å². The molecule has 9 heteroatoms. The first-order valence-electron chi connectivity index (χ1n) is 0. The second kappa shape index (κ2) is 59.6. The van der Waals surface area contributed by atoms with Crippen LogP contribution in [0.25, 0.3) is 0 Å². The van der Waals surface area contributed by atoms with Crippen LogP contribution in [0, 0.1) is 0 Å². The van der Waals surface area contributed by atoms with Gasteiger partial charge in [-0.2, -0.15) is 0 Å². The van der Waals surface area contributed by atoms with Gasteiger partial charge in [-0.05, 0) is 0 Å². The number of hydrogen-bond donors (Lipinski definition) is 0. The van der Waals surface area contributed by atoms with Gasteiger partial charge in [0.25, 0.3) is 0 Å². The normalized spacial score (nSPS) is 0. The Bertz CT molecular complexity index is 12.5. The molecule has 0 aliphatic heterocycles. The van der Waals surface area contributed by atoms with Gasteiger partial charge in [-0.1, -0.05) is 0 Å². The second-order valence-electron chi connectivity index (χ2n) is 0. The van der Waals surface area contributed by atoms with Gasteiger partial charge in [0.05, 0.1) is 0 Å². The van der Waals surface area contributed by atoms with Crippen molar-refractivity contribution >= 4 is 0 Å². The van der Waals surface area contributed by atoms with Crippen LogP contribution in [0.15, 0.2) is 0 Å². The maximum absolute atomic E-state index is 0. The third-order valence-electron chi connectivity index (χ3n) is 0. The van der Waals surface area contributed by atoms with Crippen LogP contribution in [-0.2, 0) is 21.7 Å². The van der Waals surface area contributed by atoms with Gasteiger partial charge < -0.3 is 21.9 Å². The molecule has 0 bridgehead atoms. The molecule has 0 aliphatic rings. The first-order chi connectivity index (χ1) is 0. The van der Waals surface area contributed by atoms with E-state index >= 15 is 0 Å². The van der Waals surface area contributed by atoms with Gasteiger partial charge in [0, 0.05) is 21.7 Å². The standard InChI is InChI=1S/4K.4H2O.Ti/h;;;;4*1H2;/q4*+1;;;;;/p-4. The minimum absolute atomic E-state index is 0. The predicted octanol–water partition coefficient (Wildman–Crippen LogP) is -12.7. The Hall–Kier alpha value is 7.10. The molecule has 0 aromatic rings. The van der Waals surface area contributed by atoms with E-state index < -0.39 is 0 Å². The van der Waals surface area contributed by atoms with Crippen molar-refractivity contribution in [3.05, 3.63) is 0 Å². The summed E-state index contributed by atoms with van der Waals surface area (Å²) in [5, 5.41) is 0. The van der Waals surface area contributed by atoms with Crippen molar-refractivity contribution in [1.82, 2.24) is 0 Å². The molecule has 4 nitrogen and oxygen atoms in total. The van der Waals surface area contributed by atoms with E-state index in [1.807, 2.05) is 0 Å². The zero-order valence-corrected chi connectivity index (χ0v) is 20.3. The summed E-state index contributed by atoms with van der Waals surface area (Å²) >= 11 is 0. The van der Waals surface area contributed by atoms with Gasteiger partial charge in [0.15, 0.2) is 0 Å². The Morgan fingerprint density at radius 3 is 0.333 bits per heavy atom. The molecule has 0 aliphatic carbocycles. The van der Waals surface area contributed by atoms with Crippen LogP contribution in [0.1, 0.15) is 0 Å². The van der Waals surface area contributed by atoms with Crippen LogP contribution in [0.3, 0.4) is 0 Å². The molecule has 0 heterocycles. The summed E-state index contributed by atoms with van der Waals surface area (Å²) in [6, 6.07) is 0. The largest absolute Gasteiger partial charge is 1.00 e. The fourth-order valence-electron chi connectivity index (χ4n) is 0. The maximum Gasteiger partial charge on any atom is 1.00 e. The predicted molar refractivity (Wildman–Crippen MR) is 7.74 cm³/mol. The summed E-state index contributed by atoms with van der Waals surface area (Å²) in [4.78, 5) is 0. The summed E-state index contributed by atoms with van der Waals surface area (Å²) in [6.07, 6.45) is 0. The summed E-state index contributed by atoms with van der Waals surface area (Å²) in [5.41, 5.74) is 0. The van der Waals surface area contributed by atoms with Gasteiger partial charge in [-0.15, -0.1) is 0 Å². The van der Waals surface area contributed by atoms with Crippen molar-refractivity contribution in [2.45, 2.75) is 0 Å². The fourth-order valence-corrected chi connectivity index (χ4v) is 0. The SMILES string of the molecule is [K+].[K+].[K+].[K+].[OH-].[OH-].[OH-].[OH-].[Ti]. The molecular formula is H4K4O4Ti. The third kappa shape index (κ3) is 51.4. The van der Waals surface area contributed by atoms with E-state index in [0.717, 1.165) is 0 Å². The van der Waals surface area contributed by atoms with E-state index in [1.54, 1.807) is 0 Å². The Balaban J connectivity index is 0. The van der Waals surface area contributed by atoms with Crippen LogP contribution in [0.5, 0.6) is 0 Å². The summed E-state index contributed by atoms with van der Waals surface area (Å²) in [6.45, 7) is 0. The van der Waals surface area contributed by atoms with Crippen molar-refractivity contribution in [3.8, 4) is 0 Å². The maximum atomic E-state index is 0. The van der Waals surface area contributed by atoms with E-state index in [4.69, 9.17) is 0 Å². The van der Waals surface area contributed by atoms with Crippen molar-refractivity contribution in [2.24, 2.45) is 0 Å². The number of rotatable bonds is 0. The Morgan fingerprint density at radius 1 is 0.333 bits per heavy atom. The average molecular weight is 272 g/mol. The molecule has 0 radical (unpaired) electrons. The van der Waals surface area contributed by atoms with Gasteiger partial charge in [-0.25, -0.2) is 0 Å². The minimum Gasteiger partial charge on any atom is -0.870 e. The van der Waals surface area contributed by atoms with Gasteiger partial charge in [0.2, 0.25) is 0 Å². The molecule has 0 aromatic carbocycles. The minimum atomic E-state index is 0. The van der Waals surface area contributed by atoms with Gasteiger partial charge in [-0.3, -0.25) is 0 Å². The van der Waals surface area contributed by atoms with E-state index in [-0.39, 0.29) is 249 Å². The molecule has 9 heavy (non-hydrogen) atoms. The van der Waals surface area contributed by atoms with Crippen molar-refractivity contribution < 1.29 is 249 Å². The van der Waals surface area contributed by atoms with Gasteiger partial charge >= 0.3 is 206 Å². The zero-order valence-electron chi connectivity index (χ0n) is 6.29. The first kappa shape index (κ1) is 72.8. The average Bonchev–Trinajstić information content (AvgIpc) is 0. The molecule has 0 atom stereocenters. The summed E-state index contributed by atoms with van der Waals surface area (Å²) in [5.74, 6) is 0. The van der Waals surface area contributed by atoms with Crippen LogP contribution < -0.4 is 206 Å². The third-order valence-corrected chi connectivity index (χ3v) is 0. The molecule has 0 saturated carbocycles. The summed E-state index contributed by atoms with van der Waals surface area (Å²) < 4.78 is 0. The number of hydrogen-bond acceptors (Lipinski definition) is 4. The van der Waals surface area contributed by atoms with Crippen molar-refractivity contribution in [1.29, 1.82) is 0 Å². The molecule has 0 unspecified atom stereocenters. The molecule has 0 saturated heterocycles. The fraction of sp³-hybridized carbons (Fsp3) is 0. The molecule has 0 spiro atoms. The molecule has 0 fully saturated rings. The van der Waals surface area contributed by atoms with Gasteiger partial charge in [0.1, 0.15) is 0 Å². The van der Waals surface area contributed by atoms with Crippen molar-refractivity contribution in [3.63, 3.8) is 0 Å². The quantitative estimate of drug-likeness (QED) is 0.406. The molecule has 4 N–H and O–H groups in total. The second-order valence-corrected chi connectivity index (χ2v) is 0. The molecule has 0 rings (SSSR count). The molecule has 36 valence electrons. The van der Waals surface area contributed by atoms with E-state index in [1.165, 1.54) is 0 Å². The van der Waals surface area contributed by atoms with Crippen molar-refractivity contribution in [2.75, 3.05) is 0 Å². The first-order valence-corrected chi connectivity index (χ1v) is 0. The van der Waals surface area contributed by atoms with Crippen LogP contribution in [0.2, 0.25) is 0 Å². The van der Waals surface area contributed by atoms with E-state index in [2.05, 4.69) is 0 Å².